The molecule has 1 amide bonds. The summed E-state index contributed by atoms with van der Waals surface area (Å²) in [5, 5.41) is 0. The number of aromatic nitrogens is 1. The molecule has 0 bridgehead atoms. The molecule has 138 valence electrons. The van der Waals surface area contributed by atoms with E-state index in [4.69, 9.17) is 0 Å². The third-order valence-electron chi connectivity index (χ3n) is 5.72. The zero-order valence-electron chi connectivity index (χ0n) is 15.8. The summed E-state index contributed by atoms with van der Waals surface area (Å²) in [4.78, 5) is 23.7. The second-order valence-corrected chi connectivity index (χ2v) is 7.54. The molecule has 0 saturated carbocycles. The van der Waals surface area contributed by atoms with E-state index in [1.807, 2.05) is 13.1 Å². The lowest BCUT2D eigenvalue weighted by molar-refractivity contribution is -0.134. The molecule has 0 aromatic carbocycles. The summed E-state index contributed by atoms with van der Waals surface area (Å²) in [7, 11) is 0. The van der Waals surface area contributed by atoms with Gasteiger partial charge in [0.2, 0.25) is 5.91 Å². The predicted octanol–water partition coefficient (Wildman–Crippen LogP) is 1.81. The first-order chi connectivity index (χ1) is 12.1. The van der Waals surface area contributed by atoms with E-state index in [0.29, 0.717) is 18.4 Å². The lowest BCUT2D eigenvalue weighted by Crippen LogP contribution is -2.50. The molecule has 1 aromatic heterocycles. The number of carbonyl (C=O) groups excluding carboxylic acids is 1. The van der Waals surface area contributed by atoms with Crippen LogP contribution in [0.25, 0.3) is 0 Å². The molecule has 5 heteroatoms. The van der Waals surface area contributed by atoms with Crippen LogP contribution in [0, 0.1) is 12.8 Å². The van der Waals surface area contributed by atoms with Crippen LogP contribution in [-0.4, -0.2) is 77.9 Å². The number of piperazine rings is 1. The van der Waals surface area contributed by atoms with Gasteiger partial charge in [-0.1, -0.05) is 6.92 Å². The molecule has 0 aliphatic carbocycles. The molecule has 1 aromatic rings. The summed E-state index contributed by atoms with van der Waals surface area (Å²) in [5.41, 5.74) is 2.47. The average molecular weight is 345 g/mol. The van der Waals surface area contributed by atoms with Crippen LogP contribution in [0.3, 0.4) is 0 Å². The summed E-state index contributed by atoms with van der Waals surface area (Å²) in [6, 6.07) is 4.31. The molecule has 0 N–H and O–H groups in total. The summed E-state index contributed by atoms with van der Waals surface area (Å²) in [5.74, 6) is 1.02. The van der Waals surface area contributed by atoms with Gasteiger partial charge in [-0.3, -0.25) is 14.7 Å². The first kappa shape index (κ1) is 18.3. The Labute approximate surface area is 152 Å². The molecule has 5 nitrogen and oxygen atoms in total. The van der Waals surface area contributed by atoms with Gasteiger partial charge in [0, 0.05) is 51.2 Å². The van der Waals surface area contributed by atoms with Gasteiger partial charge in [0.15, 0.2) is 0 Å². The van der Waals surface area contributed by atoms with Crippen LogP contribution in [0.4, 0.5) is 0 Å². The molecule has 2 aliphatic rings. The minimum Gasteiger partial charge on any atom is -0.342 e. The monoisotopic (exact) mass is 344 g/mol. The van der Waals surface area contributed by atoms with Crippen LogP contribution in [0.1, 0.15) is 31.0 Å². The molecule has 0 atom stereocenters. The van der Waals surface area contributed by atoms with Crippen LogP contribution in [-0.2, 0) is 11.2 Å². The Morgan fingerprint density at radius 1 is 1.12 bits per heavy atom. The van der Waals surface area contributed by atoms with E-state index in [9.17, 15) is 4.79 Å². The maximum atomic E-state index is 12.6. The highest BCUT2D eigenvalue weighted by Crippen LogP contribution is 2.22. The molecule has 2 fully saturated rings. The number of likely N-dealkylation sites (tertiary alicyclic amines) is 1. The SMILES string of the molecule is CCN1CCN(CC(=O)N2CCC(Cc3ccnc(C)c3)CC2)CC1. The van der Waals surface area contributed by atoms with Gasteiger partial charge in [0.1, 0.15) is 0 Å². The maximum Gasteiger partial charge on any atom is 0.236 e. The summed E-state index contributed by atoms with van der Waals surface area (Å²) >= 11 is 0. The second kappa shape index (κ2) is 8.77. The number of likely N-dealkylation sites (N-methyl/N-ethyl adjacent to an activating group) is 1. The van der Waals surface area contributed by atoms with Crippen LogP contribution in [0.2, 0.25) is 0 Å². The zero-order valence-corrected chi connectivity index (χ0v) is 15.8. The fraction of sp³-hybridized carbons (Fsp3) is 0.700. The first-order valence-corrected chi connectivity index (χ1v) is 9.78. The van der Waals surface area contributed by atoms with Gasteiger partial charge in [-0.25, -0.2) is 0 Å². The van der Waals surface area contributed by atoms with Crippen molar-refractivity contribution in [3.05, 3.63) is 29.6 Å². The number of aryl methyl sites for hydroxylation is 1. The summed E-state index contributed by atoms with van der Waals surface area (Å²) < 4.78 is 0. The van der Waals surface area contributed by atoms with E-state index >= 15 is 0 Å². The smallest absolute Gasteiger partial charge is 0.236 e. The number of carbonyl (C=O) groups is 1. The lowest BCUT2D eigenvalue weighted by Gasteiger charge is -2.36. The summed E-state index contributed by atoms with van der Waals surface area (Å²) in [6.07, 6.45) is 5.26. The fourth-order valence-corrected chi connectivity index (χ4v) is 4.01. The van der Waals surface area contributed by atoms with Crippen molar-refractivity contribution in [2.75, 3.05) is 52.4 Å². The Hall–Kier alpha value is -1.46. The minimum absolute atomic E-state index is 0.322. The van der Waals surface area contributed by atoms with Crippen molar-refractivity contribution < 1.29 is 4.79 Å². The fourth-order valence-electron chi connectivity index (χ4n) is 4.01. The van der Waals surface area contributed by atoms with Gasteiger partial charge in [-0.2, -0.15) is 0 Å². The highest BCUT2D eigenvalue weighted by molar-refractivity contribution is 5.78. The highest BCUT2D eigenvalue weighted by Gasteiger charge is 2.25. The molecule has 0 radical (unpaired) electrons. The lowest BCUT2D eigenvalue weighted by atomic mass is 9.90. The predicted molar refractivity (Wildman–Crippen MR) is 101 cm³/mol. The van der Waals surface area contributed by atoms with Crippen molar-refractivity contribution in [3.8, 4) is 0 Å². The Bertz CT molecular complexity index is 561. The van der Waals surface area contributed by atoms with Crippen molar-refractivity contribution >= 4 is 5.91 Å². The number of hydrogen-bond donors (Lipinski definition) is 0. The second-order valence-electron chi connectivity index (χ2n) is 7.54. The van der Waals surface area contributed by atoms with Gasteiger partial charge in [-0.05, 0) is 56.3 Å². The Morgan fingerprint density at radius 2 is 1.80 bits per heavy atom. The first-order valence-electron chi connectivity index (χ1n) is 9.78. The van der Waals surface area contributed by atoms with Gasteiger partial charge in [0.05, 0.1) is 6.54 Å². The van der Waals surface area contributed by atoms with E-state index in [-0.39, 0.29) is 0 Å². The van der Waals surface area contributed by atoms with Gasteiger partial charge in [0.25, 0.3) is 0 Å². The van der Waals surface area contributed by atoms with Crippen LogP contribution < -0.4 is 0 Å². The van der Waals surface area contributed by atoms with E-state index in [1.165, 1.54) is 5.56 Å². The summed E-state index contributed by atoms with van der Waals surface area (Å²) in [6.45, 7) is 12.1. The minimum atomic E-state index is 0.322. The normalized spacial score (nSPS) is 20.8. The van der Waals surface area contributed by atoms with Crippen molar-refractivity contribution in [2.24, 2.45) is 5.92 Å². The largest absolute Gasteiger partial charge is 0.342 e. The number of piperidine rings is 1. The van der Waals surface area contributed by atoms with E-state index in [2.05, 4.69) is 38.7 Å². The number of nitrogens with zero attached hydrogens (tertiary/aromatic N) is 4. The third kappa shape index (κ3) is 5.25. The Morgan fingerprint density at radius 3 is 2.44 bits per heavy atom. The standard InChI is InChI=1S/C20H32N4O/c1-3-22-10-12-23(13-11-22)16-20(25)24-8-5-18(6-9-24)15-19-4-7-21-17(2)14-19/h4,7,14,18H,3,5-6,8-13,15-16H2,1-2H3. The highest BCUT2D eigenvalue weighted by atomic mass is 16.2. The van der Waals surface area contributed by atoms with Gasteiger partial charge < -0.3 is 9.80 Å². The molecule has 3 heterocycles. The van der Waals surface area contributed by atoms with Crippen molar-refractivity contribution in [2.45, 2.75) is 33.1 Å². The molecule has 0 spiro atoms. The Balaban J connectivity index is 1.40. The molecule has 2 aliphatic heterocycles. The zero-order chi connectivity index (χ0) is 17.6. The number of rotatable bonds is 5. The molecule has 2 saturated heterocycles. The molecule has 0 unspecified atom stereocenters. The van der Waals surface area contributed by atoms with E-state index < -0.39 is 0 Å². The average Bonchev–Trinajstić information content (AvgIpc) is 2.63. The van der Waals surface area contributed by atoms with Gasteiger partial charge in [-0.15, -0.1) is 0 Å². The van der Waals surface area contributed by atoms with E-state index in [1.54, 1.807) is 0 Å². The topological polar surface area (TPSA) is 39.7 Å². The molecular formula is C20H32N4O. The van der Waals surface area contributed by atoms with Crippen molar-refractivity contribution in [1.82, 2.24) is 19.7 Å². The molecular weight excluding hydrogens is 312 g/mol. The van der Waals surface area contributed by atoms with Crippen LogP contribution in [0.5, 0.6) is 0 Å². The number of hydrogen-bond acceptors (Lipinski definition) is 4. The van der Waals surface area contributed by atoms with Crippen molar-refractivity contribution in [3.63, 3.8) is 0 Å². The maximum absolute atomic E-state index is 12.6. The van der Waals surface area contributed by atoms with E-state index in [0.717, 1.165) is 70.8 Å². The number of pyridine rings is 1. The van der Waals surface area contributed by atoms with Crippen molar-refractivity contribution in [1.29, 1.82) is 0 Å². The number of amides is 1. The molecule has 25 heavy (non-hydrogen) atoms. The Kier molecular flexibility index (Phi) is 6.43. The van der Waals surface area contributed by atoms with Crippen LogP contribution in [0.15, 0.2) is 18.3 Å². The van der Waals surface area contributed by atoms with Gasteiger partial charge >= 0.3 is 0 Å². The molecule has 3 rings (SSSR count). The quantitative estimate of drug-likeness (QED) is 0.817. The third-order valence-corrected chi connectivity index (χ3v) is 5.72. The van der Waals surface area contributed by atoms with Crippen LogP contribution >= 0.6 is 0 Å².